The molecule has 0 radical (unpaired) electrons. The number of aromatic nitrogens is 1. The molecular weight excluding hydrogens is 424 g/mol. The number of hydrogen-bond donors (Lipinski definition) is 3. The van der Waals surface area contributed by atoms with Crippen molar-refractivity contribution in [2.24, 2.45) is 5.92 Å². The van der Waals surface area contributed by atoms with E-state index < -0.39 is 6.03 Å². The Morgan fingerprint density at radius 1 is 1.19 bits per heavy atom. The molecule has 0 spiro atoms. The van der Waals surface area contributed by atoms with Gasteiger partial charge in [-0.15, -0.1) is 11.3 Å². The van der Waals surface area contributed by atoms with Crippen LogP contribution in [0.25, 0.3) is 0 Å². The van der Waals surface area contributed by atoms with Crippen LogP contribution in [0.3, 0.4) is 0 Å². The summed E-state index contributed by atoms with van der Waals surface area (Å²) in [4.78, 5) is 32.1. The summed E-state index contributed by atoms with van der Waals surface area (Å²) in [5.74, 6) is 1.14. The van der Waals surface area contributed by atoms with E-state index in [2.05, 4.69) is 20.9 Å². The molecule has 0 aliphatic heterocycles. The van der Waals surface area contributed by atoms with Crippen LogP contribution in [0.15, 0.2) is 23.6 Å². The molecule has 8 nitrogen and oxygen atoms in total. The summed E-state index contributed by atoms with van der Waals surface area (Å²) in [7, 11) is 7.88. The minimum Gasteiger partial charge on any atom is -0.307 e. The molecular formula is C23H33N6O2S+. The van der Waals surface area contributed by atoms with E-state index in [4.69, 9.17) is 0 Å². The van der Waals surface area contributed by atoms with Crippen molar-refractivity contribution in [3.05, 3.63) is 40.4 Å². The van der Waals surface area contributed by atoms with Gasteiger partial charge in [-0.3, -0.25) is 24.9 Å². The second-order valence-corrected chi connectivity index (χ2v) is 9.44. The van der Waals surface area contributed by atoms with Gasteiger partial charge in [0.05, 0.1) is 39.6 Å². The number of amides is 2. The summed E-state index contributed by atoms with van der Waals surface area (Å²) in [6.45, 7) is 2.50. The Bertz CT molecular complexity index is 1000. The lowest BCUT2D eigenvalue weighted by Gasteiger charge is -2.14. The van der Waals surface area contributed by atoms with E-state index in [9.17, 15) is 9.59 Å². The number of guanidine groups is 1. The normalized spacial score (nSPS) is 13.5. The molecule has 0 atom stereocenters. The lowest BCUT2D eigenvalue weighted by molar-refractivity contribution is -0.472. The molecule has 0 bridgehead atoms. The maximum Gasteiger partial charge on any atom is 0.347 e. The lowest BCUT2D eigenvalue weighted by atomic mass is 9.94. The highest BCUT2D eigenvalue weighted by atomic mass is 32.1. The number of thiazole rings is 1. The Morgan fingerprint density at radius 2 is 1.91 bits per heavy atom. The number of aryl methyl sites for hydroxylation is 1. The van der Waals surface area contributed by atoms with Crippen LogP contribution in [0.4, 0.5) is 15.6 Å². The number of nitrogens with zero attached hydrogens (tertiary/aromatic N) is 3. The van der Waals surface area contributed by atoms with E-state index in [-0.39, 0.29) is 11.7 Å². The Balaban J connectivity index is 1.63. The van der Waals surface area contributed by atoms with E-state index in [1.54, 1.807) is 6.07 Å². The van der Waals surface area contributed by atoms with Crippen LogP contribution in [0.5, 0.6) is 0 Å². The maximum absolute atomic E-state index is 13.0. The molecule has 2 aromatic rings. The van der Waals surface area contributed by atoms with E-state index in [1.807, 2.05) is 62.1 Å². The Morgan fingerprint density at radius 3 is 2.56 bits per heavy atom. The van der Waals surface area contributed by atoms with Gasteiger partial charge in [0, 0.05) is 16.9 Å². The largest absolute Gasteiger partial charge is 0.347 e. The third-order valence-corrected chi connectivity index (χ3v) is 6.27. The van der Waals surface area contributed by atoms with Crippen LogP contribution in [-0.2, 0) is 6.54 Å². The van der Waals surface area contributed by atoms with Crippen LogP contribution < -0.4 is 16.0 Å². The number of hydrogen-bond acceptors (Lipinski definition) is 4. The standard InChI is InChI=1S/C23H32N6O2S/c1-15-10-11-19(18(12-15)20(30)16-8-6-7-9-16)26-21(31)27-22-25-17(14-32-22)13-24-23(28(2)3)29(4)5/h10-12,14,16H,6-9,13H2,1-5H3,(H2,25,26,27,30,31)/p+1. The molecule has 1 aromatic carbocycles. The van der Waals surface area contributed by atoms with Gasteiger partial charge in [-0.1, -0.05) is 24.5 Å². The van der Waals surface area contributed by atoms with Crippen molar-refractivity contribution in [2.75, 3.05) is 38.8 Å². The van der Waals surface area contributed by atoms with Crippen LogP contribution in [0.2, 0.25) is 0 Å². The van der Waals surface area contributed by atoms with Gasteiger partial charge < -0.3 is 5.32 Å². The van der Waals surface area contributed by atoms with Gasteiger partial charge in [0.2, 0.25) is 0 Å². The predicted molar refractivity (Wildman–Crippen MR) is 130 cm³/mol. The molecule has 1 aliphatic carbocycles. The fourth-order valence-electron chi connectivity index (χ4n) is 3.96. The molecule has 0 unspecified atom stereocenters. The zero-order valence-corrected chi connectivity index (χ0v) is 20.3. The van der Waals surface area contributed by atoms with Gasteiger partial charge in [0.25, 0.3) is 0 Å². The molecule has 172 valence electrons. The van der Waals surface area contributed by atoms with Crippen LogP contribution >= 0.6 is 11.3 Å². The summed E-state index contributed by atoms with van der Waals surface area (Å²) in [6.07, 6.45) is 4.04. The van der Waals surface area contributed by atoms with Crippen molar-refractivity contribution >= 4 is 39.9 Å². The number of Topliss-reactive ketones (excluding diaryl/α,β-unsaturated/α-hetero) is 1. The highest BCUT2D eigenvalue weighted by Crippen LogP contribution is 2.31. The first-order valence-corrected chi connectivity index (χ1v) is 11.7. The first-order chi connectivity index (χ1) is 15.2. The number of rotatable bonds is 6. The number of urea groups is 1. The Labute approximate surface area is 193 Å². The number of carbonyl (C=O) groups is 2. The Kier molecular flexibility index (Phi) is 7.84. The molecule has 1 aromatic heterocycles. The van der Waals surface area contributed by atoms with E-state index in [1.165, 1.54) is 11.3 Å². The van der Waals surface area contributed by atoms with Gasteiger partial charge in [-0.25, -0.2) is 9.78 Å². The fourth-order valence-corrected chi connectivity index (χ4v) is 4.67. The number of nitrogens with one attached hydrogen (secondary N) is 3. The second kappa shape index (κ2) is 10.6. The summed E-state index contributed by atoms with van der Waals surface area (Å²) < 4.78 is 1.99. The monoisotopic (exact) mass is 457 g/mol. The molecule has 3 N–H and O–H groups in total. The molecule has 1 saturated carbocycles. The van der Waals surface area contributed by atoms with E-state index >= 15 is 0 Å². The molecule has 32 heavy (non-hydrogen) atoms. The van der Waals surface area contributed by atoms with Crippen molar-refractivity contribution in [2.45, 2.75) is 39.2 Å². The Hall–Kier alpha value is -2.94. The van der Waals surface area contributed by atoms with Gasteiger partial charge in [0.15, 0.2) is 10.9 Å². The molecule has 3 rings (SSSR count). The predicted octanol–water partition coefficient (Wildman–Crippen LogP) is 3.75. The van der Waals surface area contributed by atoms with Gasteiger partial charge >= 0.3 is 12.0 Å². The summed E-state index contributed by atoms with van der Waals surface area (Å²) in [6, 6.07) is 5.16. The first kappa shape index (κ1) is 23.7. The average Bonchev–Trinajstić information content (AvgIpc) is 3.41. The molecule has 0 saturated heterocycles. The highest BCUT2D eigenvalue weighted by Gasteiger charge is 2.26. The number of anilines is 2. The number of ketones is 1. The highest BCUT2D eigenvalue weighted by molar-refractivity contribution is 7.13. The van der Waals surface area contributed by atoms with Crippen LogP contribution in [0, 0.1) is 12.8 Å². The minimum absolute atomic E-state index is 0.0560. The summed E-state index contributed by atoms with van der Waals surface area (Å²) in [5.41, 5.74) is 2.96. The summed E-state index contributed by atoms with van der Waals surface area (Å²) in [5, 5.41) is 11.4. The molecule has 2 amide bonds. The van der Waals surface area contributed by atoms with Crippen LogP contribution in [0.1, 0.15) is 47.3 Å². The van der Waals surface area contributed by atoms with Gasteiger partial charge in [-0.2, -0.15) is 0 Å². The van der Waals surface area contributed by atoms with Crippen molar-refractivity contribution in [3.63, 3.8) is 0 Å². The van der Waals surface area contributed by atoms with E-state index in [0.29, 0.717) is 22.9 Å². The molecule has 1 heterocycles. The van der Waals surface area contributed by atoms with Crippen molar-refractivity contribution in [3.8, 4) is 0 Å². The minimum atomic E-state index is -0.406. The van der Waals surface area contributed by atoms with E-state index in [0.717, 1.165) is 42.9 Å². The smallest absolute Gasteiger partial charge is 0.307 e. The fraction of sp³-hybridized carbons (Fsp3) is 0.478. The topological polar surface area (TPSA) is 89.4 Å². The lowest BCUT2D eigenvalue weighted by Crippen LogP contribution is -2.41. The third-order valence-electron chi connectivity index (χ3n) is 5.46. The molecule has 1 aliphatic rings. The van der Waals surface area contributed by atoms with Crippen LogP contribution in [-0.4, -0.2) is 60.4 Å². The average molecular weight is 458 g/mol. The summed E-state index contributed by atoms with van der Waals surface area (Å²) >= 11 is 1.36. The zero-order chi connectivity index (χ0) is 23.3. The third kappa shape index (κ3) is 6.06. The second-order valence-electron chi connectivity index (χ2n) is 8.58. The SMILES string of the molecule is Cc1ccc(NC(=O)Nc2nc(CNC(N(C)C)=[N+](C)C)cs2)c(C(=O)C2CCCC2)c1. The van der Waals surface area contributed by atoms with Crippen molar-refractivity contribution in [1.29, 1.82) is 0 Å². The van der Waals surface area contributed by atoms with Gasteiger partial charge in [0.1, 0.15) is 6.54 Å². The van der Waals surface area contributed by atoms with Crippen molar-refractivity contribution < 1.29 is 14.2 Å². The van der Waals surface area contributed by atoms with Crippen molar-refractivity contribution in [1.82, 2.24) is 15.2 Å². The maximum atomic E-state index is 13.0. The number of benzene rings is 1. The zero-order valence-electron chi connectivity index (χ0n) is 19.5. The molecule has 1 fully saturated rings. The first-order valence-electron chi connectivity index (χ1n) is 10.9. The van der Waals surface area contributed by atoms with Gasteiger partial charge in [-0.05, 0) is 31.9 Å². The number of carbonyl (C=O) groups excluding carboxylic acids is 2. The quantitative estimate of drug-likeness (QED) is 0.266. The molecule has 9 heteroatoms.